The number of hydrogen-bond donors (Lipinski definition) is 1. The fourth-order valence-electron chi connectivity index (χ4n) is 2.47. The molecule has 0 atom stereocenters. The number of nitrogens with one attached hydrogen (secondary N) is 1. The van der Waals surface area contributed by atoms with E-state index in [0.717, 1.165) is 44.2 Å². The number of ether oxygens (including phenoxy) is 1. The van der Waals surface area contributed by atoms with Gasteiger partial charge in [0.25, 0.3) is 0 Å². The summed E-state index contributed by atoms with van der Waals surface area (Å²) in [5, 5.41) is 2.96. The number of carbonyl (C=O) groups is 1. The lowest BCUT2D eigenvalue weighted by atomic mass is 10.2. The Kier molecular flexibility index (Phi) is 5.89. The van der Waals surface area contributed by atoms with Crippen molar-refractivity contribution in [2.24, 2.45) is 0 Å². The summed E-state index contributed by atoms with van der Waals surface area (Å²) < 4.78 is 5.26. The molecule has 1 saturated heterocycles. The van der Waals surface area contributed by atoms with Crippen LogP contribution >= 0.6 is 0 Å². The summed E-state index contributed by atoms with van der Waals surface area (Å²) in [6.07, 6.45) is 0. The van der Waals surface area contributed by atoms with Crippen LogP contribution in [0.15, 0.2) is 24.3 Å². The molecule has 1 heterocycles. The van der Waals surface area contributed by atoms with Gasteiger partial charge in [-0.05, 0) is 26.2 Å². The largest absolute Gasteiger partial charge is 0.497 e. The summed E-state index contributed by atoms with van der Waals surface area (Å²) in [5.74, 6) is 0.862. The average Bonchev–Trinajstić information content (AvgIpc) is 2.54. The first kappa shape index (κ1) is 16.4. The zero-order valence-electron chi connectivity index (χ0n) is 13.7. The maximum Gasteiger partial charge on any atom is 0.317 e. The van der Waals surface area contributed by atoms with Crippen molar-refractivity contribution in [3.63, 3.8) is 0 Å². The van der Waals surface area contributed by atoms with E-state index in [1.807, 2.05) is 37.2 Å². The minimum Gasteiger partial charge on any atom is -0.497 e. The summed E-state index contributed by atoms with van der Waals surface area (Å²) in [7, 11) is 5.67. The number of hydrogen-bond acceptors (Lipinski definition) is 4. The second kappa shape index (κ2) is 7.89. The van der Waals surface area contributed by atoms with Crippen molar-refractivity contribution in [3.8, 4) is 5.75 Å². The second-order valence-corrected chi connectivity index (χ2v) is 5.71. The van der Waals surface area contributed by atoms with Gasteiger partial charge in [0.05, 0.1) is 7.11 Å². The van der Waals surface area contributed by atoms with Gasteiger partial charge in [0.15, 0.2) is 0 Å². The molecule has 1 aromatic rings. The van der Waals surface area contributed by atoms with Crippen LogP contribution in [0.5, 0.6) is 5.75 Å². The van der Waals surface area contributed by atoms with Crippen molar-refractivity contribution in [2.75, 3.05) is 65.4 Å². The summed E-state index contributed by atoms with van der Waals surface area (Å²) in [6.45, 7) is 4.70. The van der Waals surface area contributed by atoms with Crippen LogP contribution in [0, 0.1) is 0 Å². The van der Waals surface area contributed by atoms with E-state index in [0.29, 0.717) is 6.54 Å². The van der Waals surface area contributed by atoms with Gasteiger partial charge >= 0.3 is 6.03 Å². The number of benzene rings is 1. The van der Waals surface area contributed by atoms with E-state index >= 15 is 0 Å². The topological polar surface area (TPSA) is 48.1 Å². The molecular weight excluding hydrogens is 280 g/mol. The molecule has 0 unspecified atom stereocenters. The first-order valence-corrected chi connectivity index (χ1v) is 7.66. The van der Waals surface area contributed by atoms with E-state index in [-0.39, 0.29) is 6.03 Å². The standard InChI is InChI=1S/C16H26N4O2/c1-18(2)8-7-17-16(21)20-11-9-19(10-12-20)14-5-4-6-15(13-14)22-3/h4-6,13H,7-12H2,1-3H3,(H,17,21). The van der Waals surface area contributed by atoms with E-state index in [1.165, 1.54) is 0 Å². The molecule has 122 valence electrons. The highest BCUT2D eigenvalue weighted by Gasteiger charge is 2.21. The van der Waals surface area contributed by atoms with Gasteiger partial charge < -0.3 is 24.8 Å². The molecule has 1 fully saturated rings. The molecule has 0 aromatic heterocycles. The molecule has 0 bridgehead atoms. The monoisotopic (exact) mass is 306 g/mol. The minimum absolute atomic E-state index is 0.0344. The molecule has 0 saturated carbocycles. The molecule has 0 spiro atoms. The Balaban J connectivity index is 1.81. The number of carbonyl (C=O) groups excluding carboxylic acids is 1. The number of piperazine rings is 1. The van der Waals surface area contributed by atoms with E-state index in [4.69, 9.17) is 4.74 Å². The van der Waals surface area contributed by atoms with Crippen LogP contribution in [0.25, 0.3) is 0 Å². The Morgan fingerprint density at radius 1 is 1.27 bits per heavy atom. The maximum atomic E-state index is 12.1. The zero-order chi connectivity index (χ0) is 15.9. The van der Waals surface area contributed by atoms with E-state index in [1.54, 1.807) is 7.11 Å². The number of anilines is 1. The van der Waals surface area contributed by atoms with Crippen LogP contribution in [-0.2, 0) is 0 Å². The lowest BCUT2D eigenvalue weighted by molar-refractivity contribution is 0.193. The van der Waals surface area contributed by atoms with Crippen molar-refractivity contribution < 1.29 is 9.53 Å². The van der Waals surface area contributed by atoms with Crippen molar-refractivity contribution in [1.82, 2.24) is 15.1 Å². The number of methoxy groups -OCH3 is 1. The Morgan fingerprint density at radius 3 is 2.64 bits per heavy atom. The Bertz CT molecular complexity index is 485. The fourth-order valence-corrected chi connectivity index (χ4v) is 2.47. The van der Waals surface area contributed by atoms with Gasteiger partial charge in [-0.3, -0.25) is 0 Å². The van der Waals surface area contributed by atoms with Crippen LogP contribution in [-0.4, -0.2) is 76.3 Å². The van der Waals surface area contributed by atoms with Crippen molar-refractivity contribution in [2.45, 2.75) is 0 Å². The van der Waals surface area contributed by atoms with Crippen LogP contribution in [0.2, 0.25) is 0 Å². The number of likely N-dealkylation sites (N-methyl/N-ethyl adjacent to an activating group) is 1. The van der Waals surface area contributed by atoms with E-state index < -0.39 is 0 Å². The van der Waals surface area contributed by atoms with E-state index in [2.05, 4.69) is 21.2 Å². The van der Waals surface area contributed by atoms with Gasteiger partial charge in [-0.2, -0.15) is 0 Å². The number of amides is 2. The smallest absolute Gasteiger partial charge is 0.317 e. The van der Waals surface area contributed by atoms with Crippen LogP contribution < -0.4 is 15.0 Å². The molecule has 0 aliphatic carbocycles. The quantitative estimate of drug-likeness (QED) is 0.885. The molecule has 1 aliphatic heterocycles. The minimum atomic E-state index is 0.0344. The maximum absolute atomic E-state index is 12.1. The molecule has 0 radical (unpaired) electrons. The third kappa shape index (κ3) is 4.53. The van der Waals surface area contributed by atoms with Gasteiger partial charge in [0.1, 0.15) is 5.75 Å². The Labute approximate surface area is 132 Å². The lowest BCUT2D eigenvalue weighted by Gasteiger charge is -2.36. The molecular formula is C16H26N4O2. The highest BCUT2D eigenvalue weighted by molar-refractivity contribution is 5.74. The average molecular weight is 306 g/mol. The summed E-state index contributed by atoms with van der Waals surface area (Å²) in [6, 6.07) is 8.08. The van der Waals surface area contributed by atoms with Gasteiger partial charge in [-0.1, -0.05) is 6.07 Å². The molecule has 1 aliphatic rings. The van der Waals surface area contributed by atoms with Gasteiger partial charge in [0, 0.05) is 51.0 Å². The molecule has 2 amide bonds. The van der Waals surface area contributed by atoms with Crippen LogP contribution in [0.3, 0.4) is 0 Å². The third-order valence-electron chi connectivity index (χ3n) is 3.82. The molecule has 6 nitrogen and oxygen atoms in total. The number of urea groups is 1. The van der Waals surface area contributed by atoms with Crippen LogP contribution in [0.1, 0.15) is 0 Å². The highest BCUT2D eigenvalue weighted by Crippen LogP contribution is 2.22. The summed E-state index contributed by atoms with van der Waals surface area (Å²) >= 11 is 0. The van der Waals surface area contributed by atoms with E-state index in [9.17, 15) is 4.79 Å². The summed E-state index contributed by atoms with van der Waals surface area (Å²) in [4.78, 5) is 18.3. The summed E-state index contributed by atoms with van der Waals surface area (Å²) in [5.41, 5.74) is 1.15. The Hall–Kier alpha value is -1.95. The zero-order valence-corrected chi connectivity index (χ0v) is 13.7. The fraction of sp³-hybridized carbons (Fsp3) is 0.562. The number of nitrogens with zero attached hydrogens (tertiary/aromatic N) is 3. The van der Waals surface area contributed by atoms with Crippen molar-refractivity contribution in [3.05, 3.63) is 24.3 Å². The second-order valence-electron chi connectivity index (χ2n) is 5.71. The predicted molar refractivity (Wildman–Crippen MR) is 88.7 cm³/mol. The SMILES string of the molecule is COc1cccc(N2CCN(C(=O)NCCN(C)C)CC2)c1. The van der Waals surface area contributed by atoms with Crippen molar-refractivity contribution in [1.29, 1.82) is 0 Å². The molecule has 2 rings (SSSR count). The van der Waals surface area contributed by atoms with Gasteiger partial charge in [0.2, 0.25) is 0 Å². The Morgan fingerprint density at radius 2 is 2.00 bits per heavy atom. The molecule has 1 N–H and O–H groups in total. The third-order valence-corrected chi connectivity index (χ3v) is 3.82. The normalized spacial score (nSPS) is 15.1. The van der Waals surface area contributed by atoms with Crippen LogP contribution in [0.4, 0.5) is 10.5 Å². The molecule has 6 heteroatoms. The number of rotatable bonds is 5. The molecule has 1 aromatic carbocycles. The molecule has 22 heavy (non-hydrogen) atoms. The lowest BCUT2D eigenvalue weighted by Crippen LogP contribution is -2.52. The van der Waals surface area contributed by atoms with Gasteiger partial charge in [-0.25, -0.2) is 4.79 Å². The first-order valence-electron chi connectivity index (χ1n) is 7.66. The highest BCUT2D eigenvalue weighted by atomic mass is 16.5. The first-order chi connectivity index (χ1) is 10.6. The predicted octanol–water partition coefficient (Wildman–Crippen LogP) is 1.09. The van der Waals surface area contributed by atoms with Crippen molar-refractivity contribution >= 4 is 11.7 Å². The van der Waals surface area contributed by atoms with Gasteiger partial charge in [-0.15, -0.1) is 0 Å².